The van der Waals surface area contributed by atoms with Crippen LogP contribution in [0.1, 0.15) is 19.5 Å². The quantitative estimate of drug-likeness (QED) is 0.679. The number of nitrogens with zero attached hydrogens (tertiary/aromatic N) is 4. The van der Waals surface area contributed by atoms with Crippen LogP contribution in [0.4, 0.5) is 5.82 Å². The van der Waals surface area contributed by atoms with Gasteiger partial charge in [-0.1, -0.05) is 13.5 Å². The first-order chi connectivity index (χ1) is 10.7. The van der Waals surface area contributed by atoms with Crippen molar-refractivity contribution in [3.05, 3.63) is 47.2 Å². The number of hydrogen-bond acceptors (Lipinski definition) is 5. The number of aryl methyl sites for hydroxylation is 1. The second kappa shape index (κ2) is 6.80. The summed E-state index contributed by atoms with van der Waals surface area (Å²) in [6.07, 6.45) is 5.54. The molecular formula is C16H19N5O. The van der Waals surface area contributed by atoms with Crippen molar-refractivity contribution < 1.29 is 0 Å². The van der Waals surface area contributed by atoms with Crippen molar-refractivity contribution >= 4 is 28.8 Å². The highest BCUT2D eigenvalue weighted by Gasteiger charge is 2.13. The maximum Gasteiger partial charge on any atom is 0.355 e. The second-order valence-corrected chi connectivity index (χ2v) is 4.52. The first-order valence-corrected chi connectivity index (χ1v) is 7.07. The molecule has 0 unspecified atom stereocenters. The van der Waals surface area contributed by atoms with E-state index in [0.29, 0.717) is 17.2 Å². The van der Waals surface area contributed by atoms with Crippen LogP contribution in [0, 0.1) is 0 Å². The molecule has 0 aliphatic carbocycles. The molecule has 2 rings (SSSR count). The molecule has 0 saturated heterocycles. The van der Waals surface area contributed by atoms with Crippen molar-refractivity contribution in [1.82, 2.24) is 14.5 Å². The van der Waals surface area contributed by atoms with Gasteiger partial charge in [0.2, 0.25) is 0 Å². The van der Waals surface area contributed by atoms with Gasteiger partial charge in [0.1, 0.15) is 5.82 Å². The molecule has 0 atom stereocenters. The molecule has 6 nitrogen and oxygen atoms in total. The van der Waals surface area contributed by atoms with Gasteiger partial charge in [-0.25, -0.2) is 14.3 Å². The predicted octanol–water partition coefficient (Wildman–Crippen LogP) is 2.47. The Morgan fingerprint density at radius 1 is 1.45 bits per heavy atom. The fraction of sp³-hybridized carbons (Fsp3) is 0.250. The maximum atomic E-state index is 12.4. The lowest BCUT2D eigenvalue weighted by molar-refractivity contribution is 0.946. The van der Waals surface area contributed by atoms with E-state index in [0.717, 1.165) is 17.5 Å². The zero-order valence-electron chi connectivity index (χ0n) is 13.0. The third-order valence-electron chi connectivity index (χ3n) is 3.22. The number of allylic oxidation sites excluding steroid dienone is 2. The molecule has 22 heavy (non-hydrogen) atoms. The molecule has 0 aliphatic rings. The molecule has 0 bridgehead atoms. The van der Waals surface area contributed by atoms with Crippen molar-refractivity contribution in [3.63, 3.8) is 0 Å². The lowest BCUT2D eigenvalue weighted by Crippen LogP contribution is -2.24. The molecule has 0 radical (unpaired) electrons. The SMILES string of the molecule is C=C/C(=C\N=C/C)n1c(=O)nc(NC)c2ccc(CC)nc21. The van der Waals surface area contributed by atoms with Crippen molar-refractivity contribution in [2.45, 2.75) is 20.3 Å². The zero-order chi connectivity index (χ0) is 16.1. The third-order valence-corrected chi connectivity index (χ3v) is 3.22. The molecule has 0 fully saturated rings. The fourth-order valence-corrected chi connectivity index (χ4v) is 2.11. The van der Waals surface area contributed by atoms with Gasteiger partial charge < -0.3 is 5.32 Å². The minimum atomic E-state index is -0.421. The van der Waals surface area contributed by atoms with E-state index in [9.17, 15) is 4.79 Å². The van der Waals surface area contributed by atoms with E-state index in [1.807, 2.05) is 19.1 Å². The fourth-order valence-electron chi connectivity index (χ4n) is 2.11. The summed E-state index contributed by atoms with van der Waals surface area (Å²) in [5.74, 6) is 0.508. The van der Waals surface area contributed by atoms with Gasteiger partial charge in [-0.2, -0.15) is 4.98 Å². The molecular weight excluding hydrogens is 278 g/mol. The Hall–Kier alpha value is -2.76. The Balaban J connectivity index is 2.90. The molecule has 0 aliphatic heterocycles. The lowest BCUT2D eigenvalue weighted by Gasteiger charge is -2.12. The first kappa shape index (κ1) is 15.6. The van der Waals surface area contributed by atoms with Crippen LogP contribution < -0.4 is 11.0 Å². The Labute approximate surface area is 128 Å². The third kappa shape index (κ3) is 2.81. The van der Waals surface area contributed by atoms with Gasteiger partial charge in [0, 0.05) is 19.0 Å². The number of rotatable bonds is 5. The minimum absolute atomic E-state index is 0.421. The van der Waals surface area contributed by atoms with E-state index in [4.69, 9.17) is 0 Å². The maximum absolute atomic E-state index is 12.4. The standard InChI is InChI=1S/C16H19N5O/c1-5-11-8-9-13-14(17-4)20-16(22)21(15(13)19-11)12(6-2)10-18-7-3/h6-10H,2,5H2,1,3-4H3,(H,17,20,22)/b12-10+,18-7-. The highest BCUT2D eigenvalue weighted by molar-refractivity contribution is 5.89. The average Bonchev–Trinajstić information content (AvgIpc) is 2.55. The second-order valence-electron chi connectivity index (χ2n) is 4.52. The van der Waals surface area contributed by atoms with Crippen LogP contribution in [-0.4, -0.2) is 27.8 Å². The normalized spacial score (nSPS) is 12.0. The smallest absolute Gasteiger partial charge is 0.355 e. The topological polar surface area (TPSA) is 72.2 Å². The van der Waals surface area contributed by atoms with Crippen LogP contribution >= 0.6 is 0 Å². The van der Waals surface area contributed by atoms with E-state index < -0.39 is 5.69 Å². The van der Waals surface area contributed by atoms with Crippen LogP contribution in [0.25, 0.3) is 16.7 Å². The van der Waals surface area contributed by atoms with E-state index in [1.54, 1.807) is 32.5 Å². The van der Waals surface area contributed by atoms with Crippen molar-refractivity contribution in [1.29, 1.82) is 0 Å². The largest absolute Gasteiger partial charge is 0.372 e. The number of aliphatic imine (C=N–C) groups is 1. The average molecular weight is 297 g/mol. The van der Waals surface area contributed by atoms with Crippen LogP contribution in [0.15, 0.2) is 40.8 Å². The van der Waals surface area contributed by atoms with Gasteiger partial charge >= 0.3 is 5.69 Å². The summed E-state index contributed by atoms with van der Waals surface area (Å²) >= 11 is 0. The van der Waals surface area contributed by atoms with Gasteiger partial charge in [0.15, 0.2) is 5.65 Å². The summed E-state index contributed by atoms with van der Waals surface area (Å²) in [5, 5.41) is 3.71. The van der Waals surface area contributed by atoms with Gasteiger partial charge in [-0.05, 0) is 31.6 Å². The molecule has 2 aromatic heterocycles. The van der Waals surface area contributed by atoms with Gasteiger partial charge in [-0.3, -0.25) is 4.99 Å². The van der Waals surface area contributed by atoms with E-state index in [2.05, 4.69) is 26.9 Å². The Bertz CT molecular complexity index is 817. The van der Waals surface area contributed by atoms with Gasteiger partial charge in [-0.15, -0.1) is 0 Å². The Morgan fingerprint density at radius 2 is 2.23 bits per heavy atom. The number of fused-ring (bicyclic) bond motifs is 1. The van der Waals surface area contributed by atoms with E-state index >= 15 is 0 Å². The zero-order valence-corrected chi connectivity index (χ0v) is 13.0. The van der Waals surface area contributed by atoms with Crippen molar-refractivity contribution in [3.8, 4) is 0 Å². The number of hydrogen-bond donors (Lipinski definition) is 1. The summed E-state index contributed by atoms with van der Waals surface area (Å²) in [5.41, 5.74) is 1.55. The van der Waals surface area contributed by atoms with Gasteiger partial charge in [0.05, 0.1) is 17.3 Å². The van der Waals surface area contributed by atoms with Crippen molar-refractivity contribution in [2.24, 2.45) is 4.99 Å². The van der Waals surface area contributed by atoms with Crippen LogP contribution in [-0.2, 0) is 6.42 Å². The summed E-state index contributed by atoms with van der Waals surface area (Å²) in [6, 6.07) is 3.85. The summed E-state index contributed by atoms with van der Waals surface area (Å²) < 4.78 is 1.43. The summed E-state index contributed by atoms with van der Waals surface area (Å²) in [4.78, 5) is 25.1. The molecule has 114 valence electrons. The van der Waals surface area contributed by atoms with Crippen LogP contribution in [0.3, 0.4) is 0 Å². The molecule has 0 aromatic carbocycles. The predicted molar refractivity (Wildman–Crippen MR) is 91.4 cm³/mol. The number of anilines is 1. The molecule has 6 heteroatoms. The van der Waals surface area contributed by atoms with Gasteiger partial charge in [0.25, 0.3) is 0 Å². The van der Waals surface area contributed by atoms with E-state index in [-0.39, 0.29) is 0 Å². The number of aromatic nitrogens is 3. The summed E-state index contributed by atoms with van der Waals surface area (Å²) in [7, 11) is 1.73. The highest BCUT2D eigenvalue weighted by atomic mass is 16.1. The lowest BCUT2D eigenvalue weighted by atomic mass is 10.2. The molecule has 0 amide bonds. The van der Waals surface area contributed by atoms with E-state index in [1.165, 1.54) is 4.57 Å². The highest BCUT2D eigenvalue weighted by Crippen LogP contribution is 2.21. The Kier molecular flexibility index (Phi) is 4.83. The summed E-state index contributed by atoms with van der Waals surface area (Å²) in [6.45, 7) is 7.57. The number of pyridine rings is 1. The molecule has 1 N–H and O–H groups in total. The first-order valence-electron chi connectivity index (χ1n) is 7.07. The minimum Gasteiger partial charge on any atom is -0.372 e. The molecule has 0 saturated carbocycles. The van der Waals surface area contributed by atoms with Crippen molar-refractivity contribution in [2.75, 3.05) is 12.4 Å². The van der Waals surface area contributed by atoms with Crippen LogP contribution in [0.2, 0.25) is 0 Å². The molecule has 2 heterocycles. The molecule has 2 aromatic rings. The number of nitrogens with one attached hydrogen (secondary N) is 1. The monoisotopic (exact) mass is 297 g/mol. The van der Waals surface area contributed by atoms with Crippen LogP contribution in [0.5, 0.6) is 0 Å². The molecule has 0 spiro atoms. The Morgan fingerprint density at radius 3 is 2.82 bits per heavy atom.